The quantitative estimate of drug-likeness (QED) is 0.799. The molecule has 7 nitrogen and oxygen atoms in total. The van der Waals surface area contributed by atoms with Crippen molar-refractivity contribution in [1.29, 1.82) is 0 Å². The molecule has 0 saturated carbocycles. The standard InChI is InChI=1S/C15H30N4O3S/c1-13-4-6-17(7-5-13)14(2)12-16-15(20)18-8-10-19(11-9-18)23(3,21)22/h13-14H,4-12H2,1-3H3,(H,16,20). The summed E-state index contributed by atoms with van der Waals surface area (Å²) in [6, 6.07) is 0.249. The van der Waals surface area contributed by atoms with Gasteiger partial charge in [0.05, 0.1) is 6.26 Å². The minimum Gasteiger partial charge on any atom is -0.336 e. The molecule has 0 radical (unpaired) electrons. The number of hydrogen-bond acceptors (Lipinski definition) is 4. The van der Waals surface area contributed by atoms with Gasteiger partial charge in [0.25, 0.3) is 0 Å². The van der Waals surface area contributed by atoms with Gasteiger partial charge in [0.15, 0.2) is 0 Å². The van der Waals surface area contributed by atoms with Gasteiger partial charge in [-0.25, -0.2) is 13.2 Å². The second-order valence-electron chi connectivity index (χ2n) is 6.90. The van der Waals surface area contributed by atoms with Crippen LogP contribution in [0.1, 0.15) is 26.7 Å². The Hall–Kier alpha value is -0.860. The number of carbonyl (C=O) groups is 1. The van der Waals surface area contributed by atoms with Crippen LogP contribution in [0.2, 0.25) is 0 Å². The molecule has 0 aromatic heterocycles. The third-order valence-electron chi connectivity index (χ3n) is 4.99. The zero-order chi connectivity index (χ0) is 17.0. The smallest absolute Gasteiger partial charge is 0.317 e. The first-order chi connectivity index (χ1) is 10.8. The van der Waals surface area contributed by atoms with E-state index in [2.05, 4.69) is 24.1 Å². The number of carbonyl (C=O) groups excluding carboxylic acids is 1. The summed E-state index contributed by atoms with van der Waals surface area (Å²) in [5, 5.41) is 2.99. The van der Waals surface area contributed by atoms with Crippen molar-refractivity contribution in [2.45, 2.75) is 32.7 Å². The van der Waals surface area contributed by atoms with Crippen molar-refractivity contribution in [1.82, 2.24) is 19.4 Å². The molecule has 2 aliphatic heterocycles. The van der Waals surface area contributed by atoms with E-state index in [4.69, 9.17) is 0 Å². The molecule has 0 aliphatic carbocycles. The van der Waals surface area contributed by atoms with E-state index in [9.17, 15) is 13.2 Å². The molecular weight excluding hydrogens is 316 g/mol. The van der Waals surface area contributed by atoms with Gasteiger partial charge >= 0.3 is 6.03 Å². The summed E-state index contributed by atoms with van der Waals surface area (Å²) in [5.74, 6) is 0.805. The lowest BCUT2D eigenvalue weighted by Crippen LogP contribution is -2.54. The van der Waals surface area contributed by atoms with Crippen LogP contribution in [0.5, 0.6) is 0 Å². The van der Waals surface area contributed by atoms with E-state index in [-0.39, 0.29) is 6.03 Å². The number of nitrogens with one attached hydrogen (secondary N) is 1. The van der Waals surface area contributed by atoms with Crippen LogP contribution in [-0.4, -0.2) is 86.7 Å². The van der Waals surface area contributed by atoms with Crippen LogP contribution in [0.3, 0.4) is 0 Å². The Bertz CT molecular complexity index is 495. The predicted octanol–water partition coefficient (Wildman–Crippen LogP) is 0.394. The fourth-order valence-electron chi connectivity index (χ4n) is 3.17. The molecule has 2 heterocycles. The molecule has 2 rings (SSSR count). The van der Waals surface area contributed by atoms with Crippen LogP contribution in [0.25, 0.3) is 0 Å². The normalized spacial score (nSPS) is 23.7. The van der Waals surface area contributed by atoms with E-state index in [0.717, 1.165) is 19.0 Å². The van der Waals surface area contributed by atoms with Gasteiger partial charge in [-0.05, 0) is 38.8 Å². The SMILES string of the molecule is CC1CCN(C(C)CNC(=O)N2CCN(S(C)(=O)=O)CC2)CC1. The summed E-state index contributed by atoms with van der Waals surface area (Å²) in [5.41, 5.74) is 0. The van der Waals surface area contributed by atoms with E-state index in [0.29, 0.717) is 38.8 Å². The maximum atomic E-state index is 12.2. The molecule has 1 atom stereocenters. The van der Waals surface area contributed by atoms with Crippen LogP contribution in [0.15, 0.2) is 0 Å². The van der Waals surface area contributed by atoms with E-state index in [1.165, 1.54) is 23.4 Å². The van der Waals surface area contributed by atoms with Gasteiger partial charge in [0.1, 0.15) is 0 Å². The van der Waals surface area contributed by atoms with Crippen molar-refractivity contribution >= 4 is 16.1 Å². The minimum absolute atomic E-state index is 0.0876. The van der Waals surface area contributed by atoms with Crippen LogP contribution >= 0.6 is 0 Å². The average Bonchev–Trinajstić information content (AvgIpc) is 2.52. The Labute approximate surface area is 140 Å². The monoisotopic (exact) mass is 346 g/mol. The van der Waals surface area contributed by atoms with Gasteiger partial charge in [0.2, 0.25) is 10.0 Å². The first kappa shape index (κ1) is 18.5. The van der Waals surface area contributed by atoms with Gasteiger partial charge in [-0.3, -0.25) is 4.90 Å². The first-order valence-electron chi connectivity index (χ1n) is 8.49. The molecule has 2 fully saturated rings. The summed E-state index contributed by atoms with van der Waals surface area (Å²) >= 11 is 0. The predicted molar refractivity (Wildman–Crippen MR) is 90.8 cm³/mol. The maximum Gasteiger partial charge on any atom is 0.317 e. The highest BCUT2D eigenvalue weighted by Crippen LogP contribution is 2.17. The lowest BCUT2D eigenvalue weighted by molar-refractivity contribution is 0.138. The first-order valence-corrected chi connectivity index (χ1v) is 10.3. The summed E-state index contributed by atoms with van der Waals surface area (Å²) in [6.45, 7) is 8.95. The van der Waals surface area contributed by atoms with E-state index < -0.39 is 10.0 Å². The highest BCUT2D eigenvalue weighted by molar-refractivity contribution is 7.88. The Morgan fingerprint density at radius 3 is 2.22 bits per heavy atom. The van der Waals surface area contributed by atoms with Gasteiger partial charge < -0.3 is 10.2 Å². The number of hydrogen-bond donors (Lipinski definition) is 1. The number of sulfonamides is 1. The van der Waals surface area contributed by atoms with Crippen LogP contribution in [0, 0.1) is 5.92 Å². The van der Waals surface area contributed by atoms with Crippen molar-refractivity contribution in [3.05, 3.63) is 0 Å². The molecule has 0 aromatic carbocycles. The minimum atomic E-state index is -3.15. The molecule has 2 saturated heterocycles. The molecular formula is C15H30N4O3S. The molecule has 0 aromatic rings. The van der Waals surface area contributed by atoms with Crippen molar-refractivity contribution in [2.75, 3.05) is 52.1 Å². The highest BCUT2D eigenvalue weighted by Gasteiger charge is 2.26. The van der Waals surface area contributed by atoms with Gasteiger partial charge in [-0.2, -0.15) is 4.31 Å². The van der Waals surface area contributed by atoms with E-state index in [1.807, 2.05) is 0 Å². The topological polar surface area (TPSA) is 73.0 Å². The lowest BCUT2D eigenvalue weighted by Gasteiger charge is -2.36. The molecule has 1 N–H and O–H groups in total. The molecule has 134 valence electrons. The van der Waals surface area contributed by atoms with Gasteiger partial charge in [0, 0.05) is 38.8 Å². The van der Waals surface area contributed by atoms with Crippen molar-refractivity contribution in [2.24, 2.45) is 5.92 Å². The number of amides is 2. The second kappa shape index (κ2) is 7.81. The summed E-state index contributed by atoms with van der Waals surface area (Å²) in [7, 11) is -3.15. The summed E-state index contributed by atoms with van der Waals surface area (Å²) in [4.78, 5) is 16.4. The molecule has 2 amide bonds. The third kappa shape index (κ3) is 5.32. The fourth-order valence-corrected chi connectivity index (χ4v) is 3.99. The highest BCUT2D eigenvalue weighted by atomic mass is 32.2. The van der Waals surface area contributed by atoms with Crippen molar-refractivity contribution in [3.63, 3.8) is 0 Å². The molecule has 0 bridgehead atoms. The second-order valence-corrected chi connectivity index (χ2v) is 8.89. The lowest BCUT2D eigenvalue weighted by atomic mass is 9.98. The number of piperidine rings is 1. The Morgan fingerprint density at radius 1 is 1.13 bits per heavy atom. The van der Waals surface area contributed by atoms with E-state index >= 15 is 0 Å². The van der Waals surface area contributed by atoms with Crippen molar-refractivity contribution in [3.8, 4) is 0 Å². The van der Waals surface area contributed by atoms with Crippen LogP contribution < -0.4 is 5.32 Å². The zero-order valence-electron chi connectivity index (χ0n) is 14.5. The van der Waals surface area contributed by atoms with Gasteiger partial charge in [-0.15, -0.1) is 0 Å². The Kier molecular flexibility index (Phi) is 6.27. The number of nitrogens with zero attached hydrogens (tertiary/aromatic N) is 3. The fraction of sp³-hybridized carbons (Fsp3) is 0.933. The van der Waals surface area contributed by atoms with Crippen LogP contribution in [0.4, 0.5) is 4.79 Å². The molecule has 0 spiro atoms. The number of piperazine rings is 1. The number of rotatable bonds is 4. The Morgan fingerprint density at radius 2 is 1.70 bits per heavy atom. The molecule has 2 aliphatic rings. The maximum absolute atomic E-state index is 12.2. The molecule has 1 unspecified atom stereocenters. The third-order valence-corrected chi connectivity index (χ3v) is 6.29. The Balaban J connectivity index is 1.71. The molecule has 23 heavy (non-hydrogen) atoms. The summed E-state index contributed by atoms with van der Waals surface area (Å²) in [6.07, 6.45) is 3.67. The summed E-state index contributed by atoms with van der Waals surface area (Å²) < 4.78 is 24.4. The van der Waals surface area contributed by atoms with Crippen LogP contribution in [-0.2, 0) is 10.0 Å². The zero-order valence-corrected chi connectivity index (χ0v) is 15.3. The molecule has 8 heteroatoms. The van der Waals surface area contributed by atoms with Crippen molar-refractivity contribution < 1.29 is 13.2 Å². The van der Waals surface area contributed by atoms with E-state index in [1.54, 1.807) is 4.90 Å². The number of urea groups is 1. The largest absolute Gasteiger partial charge is 0.336 e. The average molecular weight is 346 g/mol. The van der Waals surface area contributed by atoms with Gasteiger partial charge in [-0.1, -0.05) is 6.92 Å². The number of likely N-dealkylation sites (tertiary alicyclic amines) is 1.